The van der Waals surface area contributed by atoms with Gasteiger partial charge in [-0.1, -0.05) is 13.8 Å². The first-order chi connectivity index (χ1) is 11.5. The van der Waals surface area contributed by atoms with Gasteiger partial charge in [-0.15, -0.1) is 0 Å². The number of nitrogens with zero attached hydrogens (tertiary/aromatic N) is 2. The molecule has 0 aliphatic carbocycles. The van der Waals surface area contributed by atoms with Crippen LogP contribution in [0.1, 0.15) is 31.7 Å². The Balaban J connectivity index is 1.71. The van der Waals surface area contributed by atoms with Crippen LogP contribution in [0.3, 0.4) is 0 Å². The maximum atomic E-state index is 12.0. The van der Waals surface area contributed by atoms with E-state index in [1.54, 1.807) is 4.90 Å². The maximum absolute atomic E-state index is 12.0. The Hall–Kier alpha value is -2.04. The number of benzene rings is 1. The molecule has 2 fully saturated rings. The molecule has 0 spiro atoms. The molecule has 24 heavy (non-hydrogen) atoms. The number of aryl methyl sites for hydroxylation is 1. The Morgan fingerprint density at radius 1 is 1.21 bits per heavy atom. The van der Waals surface area contributed by atoms with Crippen LogP contribution in [0.15, 0.2) is 18.2 Å². The number of nitrogens with one attached hydrogen (secondary N) is 1. The number of amides is 3. The quantitative estimate of drug-likeness (QED) is 0.927. The molecule has 2 aliphatic heterocycles. The van der Waals surface area contributed by atoms with E-state index in [-0.39, 0.29) is 11.9 Å². The van der Waals surface area contributed by atoms with Crippen molar-refractivity contribution < 1.29 is 9.59 Å². The van der Waals surface area contributed by atoms with E-state index in [0.717, 1.165) is 30.3 Å². The summed E-state index contributed by atoms with van der Waals surface area (Å²) in [4.78, 5) is 27.4. The molecule has 1 radical (unpaired) electrons. The summed E-state index contributed by atoms with van der Waals surface area (Å²) in [6.45, 7) is 10.9. The number of carbonyl (C=O) groups excluding carboxylic acids is 2. The lowest BCUT2D eigenvalue weighted by molar-refractivity contribution is -0.120. The van der Waals surface area contributed by atoms with Crippen molar-refractivity contribution in [2.45, 2.75) is 33.1 Å². The van der Waals surface area contributed by atoms with E-state index in [9.17, 15) is 9.59 Å². The number of rotatable bonds is 3. The van der Waals surface area contributed by atoms with Crippen molar-refractivity contribution >= 4 is 23.3 Å². The molecule has 2 saturated heterocycles. The molecule has 3 rings (SSSR count). The Morgan fingerprint density at radius 3 is 2.50 bits per heavy atom. The molecule has 1 aromatic rings. The number of carbonyl (C=O) groups is 2. The second-order valence-electron chi connectivity index (χ2n) is 7.03. The van der Waals surface area contributed by atoms with E-state index in [1.807, 2.05) is 13.0 Å². The summed E-state index contributed by atoms with van der Waals surface area (Å²) >= 11 is 0. The van der Waals surface area contributed by atoms with E-state index in [2.05, 4.69) is 36.2 Å². The second-order valence-corrected chi connectivity index (χ2v) is 7.03. The number of imide groups is 1. The van der Waals surface area contributed by atoms with E-state index < -0.39 is 0 Å². The number of hydrogen-bond donors (Lipinski definition) is 1. The fourth-order valence-electron chi connectivity index (χ4n) is 3.66. The Bertz CT molecular complexity index is 633. The van der Waals surface area contributed by atoms with E-state index >= 15 is 0 Å². The predicted molar refractivity (Wildman–Crippen MR) is 96.1 cm³/mol. The van der Waals surface area contributed by atoms with Gasteiger partial charge < -0.3 is 4.90 Å². The van der Waals surface area contributed by atoms with Crippen molar-refractivity contribution in [3.8, 4) is 0 Å². The molecular formula is C19H26N3O2. The van der Waals surface area contributed by atoms with Gasteiger partial charge in [-0.25, -0.2) is 4.79 Å². The average molecular weight is 328 g/mol. The van der Waals surface area contributed by atoms with Crippen LogP contribution in [0.4, 0.5) is 16.2 Å². The lowest BCUT2D eigenvalue weighted by Crippen LogP contribution is -2.49. The number of hydrogen-bond acceptors (Lipinski definition) is 3. The summed E-state index contributed by atoms with van der Waals surface area (Å²) in [6.07, 6.45) is 2.72. The molecule has 2 aliphatic rings. The van der Waals surface area contributed by atoms with E-state index in [1.165, 1.54) is 18.5 Å². The Morgan fingerprint density at radius 2 is 1.92 bits per heavy atom. The van der Waals surface area contributed by atoms with Crippen LogP contribution in [0.25, 0.3) is 0 Å². The monoisotopic (exact) mass is 328 g/mol. The summed E-state index contributed by atoms with van der Waals surface area (Å²) in [6, 6.07) is 5.90. The van der Waals surface area contributed by atoms with E-state index in [0.29, 0.717) is 18.9 Å². The standard InChI is InChI=1S/C19H26N3O2/c1-13(2)15-6-9-21(10-7-15)16-4-5-17(14(3)12-16)22-11-8-18(23)20-19(22)24/h4-5,12-13,15H,1,6-11H2,2-3H3,(H,20,23,24). The largest absolute Gasteiger partial charge is 0.372 e. The summed E-state index contributed by atoms with van der Waals surface area (Å²) in [5, 5.41) is 2.38. The number of urea groups is 1. The van der Waals surface area contributed by atoms with Crippen LogP contribution in [-0.4, -0.2) is 31.6 Å². The first-order valence-electron chi connectivity index (χ1n) is 8.75. The Kier molecular flexibility index (Phi) is 4.78. The smallest absolute Gasteiger partial charge is 0.328 e. The molecule has 2 heterocycles. The van der Waals surface area contributed by atoms with Gasteiger partial charge in [-0.2, -0.15) is 0 Å². The van der Waals surface area contributed by atoms with Crippen LogP contribution in [0.2, 0.25) is 0 Å². The molecule has 1 unspecified atom stereocenters. The van der Waals surface area contributed by atoms with Crippen LogP contribution >= 0.6 is 0 Å². The minimum Gasteiger partial charge on any atom is -0.372 e. The zero-order valence-electron chi connectivity index (χ0n) is 14.5. The predicted octanol–water partition coefficient (Wildman–Crippen LogP) is 3.13. The van der Waals surface area contributed by atoms with E-state index in [4.69, 9.17) is 0 Å². The van der Waals surface area contributed by atoms with Crippen LogP contribution in [0.5, 0.6) is 0 Å². The van der Waals surface area contributed by atoms with Gasteiger partial charge in [0, 0.05) is 37.4 Å². The second kappa shape index (κ2) is 6.83. The van der Waals surface area contributed by atoms with Crippen LogP contribution in [-0.2, 0) is 4.79 Å². The molecule has 1 N–H and O–H groups in total. The highest BCUT2D eigenvalue weighted by molar-refractivity contribution is 6.06. The molecular weight excluding hydrogens is 302 g/mol. The molecule has 1 aromatic carbocycles. The summed E-state index contributed by atoms with van der Waals surface area (Å²) in [5.74, 6) is 1.03. The highest BCUT2D eigenvalue weighted by atomic mass is 16.2. The van der Waals surface area contributed by atoms with Crippen molar-refractivity contribution in [1.29, 1.82) is 0 Å². The first kappa shape index (κ1) is 16.8. The third-order valence-electron chi connectivity index (χ3n) is 5.23. The van der Waals surface area contributed by atoms with Crippen LogP contribution in [0, 0.1) is 25.7 Å². The van der Waals surface area contributed by atoms with Gasteiger partial charge in [0.1, 0.15) is 0 Å². The van der Waals surface area contributed by atoms with Gasteiger partial charge in [-0.3, -0.25) is 15.0 Å². The molecule has 0 saturated carbocycles. The highest BCUT2D eigenvalue weighted by Crippen LogP contribution is 2.31. The Labute approximate surface area is 144 Å². The maximum Gasteiger partial charge on any atom is 0.328 e. The van der Waals surface area contributed by atoms with Gasteiger partial charge in [-0.05, 0) is 55.4 Å². The molecule has 129 valence electrons. The first-order valence-corrected chi connectivity index (χ1v) is 8.75. The average Bonchev–Trinajstić information content (AvgIpc) is 2.55. The van der Waals surface area contributed by atoms with Crippen molar-refractivity contribution in [3.05, 3.63) is 30.7 Å². The van der Waals surface area contributed by atoms with Gasteiger partial charge >= 0.3 is 6.03 Å². The third kappa shape index (κ3) is 3.40. The summed E-state index contributed by atoms with van der Waals surface area (Å²) in [5.41, 5.74) is 3.15. The minimum absolute atomic E-state index is 0.201. The van der Waals surface area contributed by atoms with Gasteiger partial charge in [0.2, 0.25) is 5.91 Å². The number of piperidine rings is 1. The topological polar surface area (TPSA) is 52.6 Å². The summed E-state index contributed by atoms with van der Waals surface area (Å²) < 4.78 is 0. The fourth-order valence-corrected chi connectivity index (χ4v) is 3.66. The molecule has 3 amide bonds. The van der Waals surface area contributed by atoms with Crippen molar-refractivity contribution in [2.75, 3.05) is 29.4 Å². The molecule has 5 heteroatoms. The molecule has 0 bridgehead atoms. The van der Waals surface area contributed by atoms with Gasteiger partial charge in [0.05, 0.1) is 0 Å². The number of anilines is 2. The third-order valence-corrected chi connectivity index (χ3v) is 5.23. The molecule has 5 nitrogen and oxygen atoms in total. The van der Waals surface area contributed by atoms with Crippen molar-refractivity contribution in [3.63, 3.8) is 0 Å². The normalized spacial score (nSPS) is 19.8. The lowest BCUT2D eigenvalue weighted by Gasteiger charge is -2.36. The summed E-state index contributed by atoms with van der Waals surface area (Å²) in [7, 11) is 0. The zero-order valence-corrected chi connectivity index (χ0v) is 14.5. The van der Waals surface area contributed by atoms with Gasteiger partial charge in [0.15, 0.2) is 0 Å². The van der Waals surface area contributed by atoms with Gasteiger partial charge in [0.25, 0.3) is 0 Å². The minimum atomic E-state index is -0.327. The highest BCUT2D eigenvalue weighted by Gasteiger charge is 2.26. The molecule has 1 atom stereocenters. The van der Waals surface area contributed by atoms with Crippen molar-refractivity contribution in [1.82, 2.24) is 5.32 Å². The lowest BCUT2D eigenvalue weighted by atomic mass is 9.86. The SMILES string of the molecule is [CH2]C(C)C1CCN(c2ccc(N3CCC(=O)NC3=O)c(C)c2)CC1. The fraction of sp³-hybridized carbons (Fsp3) is 0.526. The van der Waals surface area contributed by atoms with Crippen molar-refractivity contribution in [2.24, 2.45) is 11.8 Å². The van der Waals surface area contributed by atoms with Crippen LogP contribution < -0.4 is 15.1 Å². The molecule has 0 aromatic heterocycles. The zero-order chi connectivity index (χ0) is 17.3.